The molecule has 4 nitrogen and oxygen atoms in total. The molecule has 0 aliphatic rings. The van der Waals surface area contributed by atoms with Gasteiger partial charge in [-0.15, -0.1) is 0 Å². The number of ether oxygens (including phenoxy) is 2. The van der Waals surface area contributed by atoms with Crippen molar-refractivity contribution in [3.05, 3.63) is 0 Å². The van der Waals surface area contributed by atoms with E-state index in [0.717, 1.165) is 0 Å². The van der Waals surface area contributed by atoms with Crippen LogP contribution in [0, 0.1) is 5.92 Å². The van der Waals surface area contributed by atoms with Crippen molar-refractivity contribution in [2.24, 2.45) is 5.92 Å². The van der Waals surface area contributed by atoms with Crippen LogP contribution in [0.15, 0.2) is 0 Å². The Bertz CT molecular complexity index is 262. The molecule has 0 aromatic heterocycles. The van der Waals surface area contributed by atoms with Crippen molar-refractivity contribution in [1.29, 1.82) is 0 Å². The van der Waals surface area contributed by atoms with Gasteiger partial charge in [-0.2, -0.15) is 0 Å². The monoisotopic (exact) mass is 412 g/mol. The Labute approximate surface area is 116 Å². The first kappa shape index (κ1) is 17.6. The van der Waals surface area contributed by atoms with Crippen LogP contribution in [0.25, 0.3) is 0 Å². The van der Waals surface area contributed by atoms with Crippen molar-refractivity contribution in [2.75, 3.05) is 13.2 Å². The van der Waals surface area contributed by atoms with E-state index in [-0.39, 0.29) is 13.2 Å². The second kappa shape index (κ2) is 7.92. The summed E-state index contributed by atoms with van der Waals surface area (Å²) in [4.78, 5) is 23.4. The minimum atomic E-state index is -3.93. The fourth-order valence-electron chi connectivity index (χ4n) is 1.16. The molecule has 0 saturated carbocycles. The van der Waals surface area contributed by atoms with Crippen LogP contribution < -0.4 is 0 Å². The number of hydrogen-bond acceptors (Lipinski definition) is 4. The van der Waals surface area contributed by atoms with Gasteiger partial charge >= 0.3 is 117 Å². The van der Waals surface area contributed by atoms with E-state index in [0.29, 0.717) is 0 Å². The molecule has 0 amide bonds. The number of carbonyl (C=O) groups is 2. The van der Waals surface area contributed by atoms with Gasteiger partial charge in [0.2, 0.25) is 0 Å². The summed E-state index contributed by atoms with van der Waals surface area (Å²) in [6, 6.07) is 0. The number of esters is 2. The zero-order valence-corrected chi connectivity index (χ0v) is 15.0. The summed E-state index contributed by atoms with van der Waals surface area (Å²) in [7, 11) is 17.7. The third-order valence-electron chi connectivity index (χ3n) is 2.10. The standard InChI is InChI=1S/C9H15O4.3ClH.Sn/c1-4-7(8(10)12-5-2)9(11)13-6-3;;;;/h4,7H,5-6H2,1-3H3;3*1H;/q;;;;+3/p-3. The topological polar surface area (TPSA) is 52.6 Å². The van der Waals surface area contributed by atoms with E-state index < -0.39 is 36.8 Å². The van der Waals surface area contributed by atoms with E-state index in [1.807, 2.05) is 0 Å². The molecule has 1 unspecified atom stereocenters. The SMILES string of the molecule is CCOC(=O)C(C(=O)OCC)[CH](C)[Sn]([Cl])([Cl])[Cl]. The second-order valence-corrected chi connectivity index (χ2v) is 24.9. The molecule has 0 saturated heterocycles. The molecule has 0 N–H and O–H groups in total. The van der Waals surface area contributed by atoms with Crippen LogP contribution in [0.2, 0.25) is 3.93 Å². The molecule has 0 heterocycles. The summed E-state index contributed by atoms with van der Waals surface area (Å²) in [5.41, 5.74) is 0. The quantitative estimate of drug-likeness (QED) is 0.383. The molecule has 1 atom stereocenters. The van der Waals surface area contributed by atoms with Crippen LogP contribution in [-0.4, -0.2) is 40.1 Å². The Morgan fingerprint density at radius 1 is 1.06 bits per heavy atom. The molecule has 0 bridgehead atoms. The minimum absolute atomic E-state index is 0.164. The molecule has 0 spiro atoms. The average molecular weight is 412 g/mol. The molecule has 0 aromatic carbocycles. The molecular formula is C9H15Cl3O4Sn. The Morgan fingerprint density at radius 3 is 1.65 bits per heavy atom. The summed E-state index contributed by atoms with van der Waals surface area (Å²) >= 11 is -3.93. The van der Waals surface area contributed by atoms with Crippen LogP contribution in [-0.2, 0) is 19.1 Å². The maximum absolute atomic E-state index is 11.7. The normalized spacial score (nSPS) is 13.4. The average Bonchev–Trinajstić information content (AvgIpc) is 2.17. The summed E-state index contributed by atoms with van der Waals surface area (Å²) in [6.45, 7) is 5.18. The van der Waals surface area contributed by atoms with Gasteiger partial charge in [-0.3, -0.25) is 0 Å². The van der Waals surface area contributed by atoms with Gasteiger partial charge in [0.15, 0.2) is 0 Å². The third kappa shape index (κ3) is 5.85. The predicted octanol–water partition coefficient (Wildman–Crippen LogP) is 2.77. The molecule has 8 heteroatoms. The zero-order chi connectivity index (χ0) is 13.6. The van der Waals surface area contributed by atoms with Crippen LogP contribution in [0.3, 0.4) is 0 Å². The van der Waals surface area contributed by atoms with E-state index in [1.165, 1.54) is 0 Å². The van der Waals surface area contributed by atoms with Crippen LogP contribution in [0.5, 0.6) is 0 Å². The molecule has 0 radical (unpaired) electrons. The summed E-state index contributed by atoms with van der Waals surface area (Å²) in [5, 5.41) is 0. The van der Waals surface area contributed by atoms with Gasteiger partial charge < -0.3 is 0 Å². The van der Waals surface area contributed by atoms with Crippen LogP contribution >= 0.6 is 26.8 Å². The number of hydrogen-bond donors (Lipinski definition) is 0. The van der Waals surface area contributed by atoms with Gasteiger partial charge in [0.25, 0.3) is 0 Å². The molecule has 0 rings (SSSR count). The maximum atomic E-state index is 11.7. The molecular weight excluding hydrogens is 397 g/mol. The van der Waals surface area contributed by atoms with Crippen molar-refractivity contribution >= 4 is 53.7 Å². The summed E-state index contributed by atoms with van der Waals surface area (Å²) < 4.78 is 8.98. The third-order valence-corrected chi connectivity index (χ3v) is 12.9. The fourth-order valence-corrected chi connectivity index (χ4v) is 5.55. The van der Waals surface area contributed by atoms with Gasteiger partial charge in [-0.25, -0.2) is 0 Å². The van der Waals surface area contributed by atoms with Crippen molar-refractivity contribution < 1.29 is 19.1 Å². The Hall–Kier alpha value is 0.609. The first-order valence-corrected chi connectivity index (χ1v) is 17.6. The second-order valence-electron chi connectivity index (χ2n) is 3.31. The summed E-state index contributed by atoms with van der Waals surface area (Å²) in [5.74, 6) is -2.53. The zero-order valence-electron chi connectivity index (χ0n) is 9.84. The molecule has 100 valence electrons. The molecule has 0 aliphatic heterocycles. The number of carbonyl (C=O) groups excluding carboxylic acids is 2. The van der Waals surface area contributed by atoms with Gasteiger partial charge in [0.05, 0.1) is 0 Å². The van der Waals surface area contributed by atoms with Gasteiger partial charge in [0.1, 0.15) is 0 Å². The predicted molar refractivity (Wildman–Crippen MR) is 69.5 cm³/mol. The van der Waals surface area contributed by atoms with E-state index in [2.05, 4.69) is 0 Å². The fraction of sp³-hybridized carbons (Fsp3) is 0.778. The Balaban J connectivity index is 4.97. The first-order chi connectivity index (χ1) is 7.75. The Morgan fingerprint density at radius 2 is 1.41 bits per heavy atom. The molecule has 0 fully saturated rings. The van der Waals surface area contributed by atoms with Crippen molar-refractivity contribution in [2.45, 2.75) is 24.7 Å². The van der Waals surface area contributed by atoms with Crippen molar-refractivity contribution in [3.63, 3.8) is 0 Å². The Kier molecular flexibility index (Phi) is 8.20. The van der Waals surface area contributed by atoms with Gasteiger partial charge in [-0.05, 0) is 0 Å². The van der Waals surface area contributed by atoms with Crippen LogP contribution in [0.4, 0.5) is 0 Å². The van der Waals surface area contributed by atoms with E-state index in [1.54, 1.807) is 20.8 Å². The summed E-state index contributed by atoms with van der Waals surface area (Å²) in [6.07, 6.45) is 0. The van der Waals surface area contributed by atoms with Gasteiger partial charge in [-0.1, -0.05) is 0 Å². The van der Waals surface area contributed by atoms with E-state index in [4.69, 9.17) is 36.2 Å². The molecule has 0 aliphatic carbocycles. The van der Waals surface area contributed by atoms with Gasteiger partial charge in [0, 0.05) is 0 Å². The number of rotatable bonds is 6. The van der Waals surface area contributed by atoms with Crippen LogP contribution in [0.1, 0.15) is 20.8 Å². The molecule has 0 aromatic rings. The van der Waals surface area contributed by atoms with Crippen molar-refractivity contribution in [3.8, 4) is 0 Å². The van der Waals surface area contributed by atoms with E-state index in [9.17, 15) is 9.59 Å². The van der Waals surface area contributed by atoms with Crippen molar-refractivity contribution in [1.82, 2.24) is 0 Å². The first-order valence-electron chi connectivity index (χ1n) is 5.15. The molecule has 17 heavy (non-hydrogen) atoms. The van der Waals surface area contributed by atoms with E-state index >= 15 is 0 Å². The number of halogens is 3.